The van der Waals surface area contributed by atoms with Gasteiger partial charge >= 0.3 is 0 Å². The van der Waals surface area contributed by atoms with E-state index in [0.29, 0.717) is 38.6 Å². The molecule has 0 unspecified atom stereocenters. The zero-order chi connectivity index (χ0) is 39.2. The maximum absolute atomic E-state index is 7.00. The summed E-state index contributed by atoms with van der Waals surface area (Å²) >= 11 is 0. The van der Waals surface area contributed by atoms with Crippen molar-refractivity contribution < 1.29 is 18.9 Å². The van der Waals surface area contributed by atoms with Crippen molar-refractivity contribution in [1.29, 1.82) is 0 Å². The van der Waals surface area contributed by atoms with Crippen LogP contribution >= 0.6 is 0 Å². The molecule has 0 N–H and O–H groups in total. The Balaban J connectivity index is 2.90. The van der Waals surface area contributed by atoms with Gasteiger partial charge in [0.25, 0.3) is 0 Å². The van der Waals surface area contributed by atoms with Crippen molar-refractivity contribution in [2.24, 2.45) is 5.41 Å². The van der Waals surface area contributed by atoms with E-state index in [1.165, 1.54) is 205 Å². The molecule has 0 spiro atoms. The van der Waals surface area contributed by atoms with E-state index in [2.05, 4.69) is 46.7 Å². The number of hydrogen-bond acceptors (Lipinski definition) is 5. The van der Waals surface area contributed by atoms with Gasteiger partial charge in [-0.15, -0.1) is 0 Å². The quantitative estimate of drug-likeness (QED) is 0.0579. The first-order valence-corrected chi connectivity index (χ1v) is 24.6. The number of rotatable bonds is 42. The van der Waals surface area contributed by atoms with Gasteiger partial charge < -0.3 is 23.8 Å². The maximum Gasteiger partial charge on any atom is 0.157 e. The molecule has 1 heterocycles. The van der Waals surface area contributed by atoms with Gasteiger partial charge in [0.2, 0.25) is 0 Å². The molecular weight excluding hydrogens is 667 g/mol. The van der Waals surface area contributed by atoms with Crippen LogP contribution in [0, 0.1) is 5.41 Å². The van der Waals surface area contributed by atoms with Crippen molar-refractivity contribution in [2.75, 3.05) is 47.1 Å². The van der Waals surface area contributed by atoms with Gasteiger partial charge in [0.15, 0.2) is 6.29 Å². The Kier molecular flexibility index (Phi) is 36.8. The van der Waals surface area contributed by atoms with E-state index < -0.39 is 0 Å². The summed E-state index contributed by atoms with van der Waals surface area (Å²) < 4.78 is 27.0. The number of nitrogens with zero attached hydrogens (tertiary/aromatic N) is 1. The van der Waals surface area contributed by atoms with E-state index in [-0.39, 0.29) is 11.7 Å². The summed E-state index contributed by atoms with van der Waals surface area (Å²) in [6.45, 7) is 13.1. The van der Waals surface area contributed by atoms with Crippen LogP contribution in [-0.4, -0.2) is 70.5 Å². The van der Waals surface area contributed by atoms with Gasteiger partial charge in [0.1, 0.15) is 0 Å². The highest BCUT2D eigenvalue weighted by atomic mass is 16.7. The number of unbranched alkanes of at least 4 members (excludes halogenated alkanes) is 24. The van der Waals surface area contributed by atoms with Gasteiger partial charge in [-0.05, 0) is 59.2 Å². The lowest BCUT2D eigenvalue weighted by atomic mass is 9.90. The zero-order valence-corrected chi connectivity index (χ0v) is 37.9. The molecule has 0 saturated carbocycles. The fraction of sp³-hybridized carbons (Fsp3) is 1.00. The summed E-state index contributed by atoms with van der Waals surface area (Å²) in [4.78, 5) is 2.25. The molecule has 1 saturated heterocycles. The second-order valence-corrected chi connectivity index (χ2v) is 18.0. The molecule has 1 aliphatic rings. The fourth-order valence-electron chi connectivity index (χ4n) is 8.11. The molecule has 0 radical (unpaired) electrons. The van der Waals surface area contributed by atoms with Gasteiger partial charge in [-0.25, -0.2) is 0 Å². The van der Waals surface area contributed by atoms with Crippen LogP contribution < -0.4 is 0 Å². The van der Waals surface area contributed by atoms with Crippen molar-refractivity contribution in [3.05, 3.63) is 0 Å². The van der Waals surface area contributed by atoms with Crippen LogP contribution in [0.4, 0.5) is 0 Å². The normalized spacial score (nSPS) is 15.1. The first kappa shape index (κ1) is 51.8. The van der Waals surface area contributed by atoms with E-state index in [9.17, 15) is 0 Å². The fourth-order valence-corrected chi connectivity index (χ4v) is 8.11. The lowest BCUT2D eigenvalue weighted by Crippen LogP contribution is -2.49. The Morgan fingerprint density at radius 2 is 0.741 bits per heavy atom. The van der Waals surface area contributed by atoms with Gasteiger partial charge in [0.05, 0.1) is 44.1 Å². The van der Waals surface area contributed by atoms with Crippen LogP contribution in [0.1, 0.15) is 246 Å². The Hall–Kier alpha value is -0.200. The second kappa shape index (κ2) is 38.3. The van der Waals surface area contributed by atoms with Crippen molar-refractivity contribution >= 4 is 0 Å². The molecule has 324 valence electrons. The smallest absolute Gasteiger partial charge is 0.157 e. The zero-order valence-electron chi connectivity index (χ0n) is 37.9. The lowest BCUT2D eigenvalue weighted by molar-refractivity contribution is -0.257. The Labute approximate surface area is 339 Å². The van der Waals surface area contributed by atoms with E-state index in [4.69, 9.17) is 18.9 Å². The lowest BCUT2D eigenvalue weighted by Gasteiger charge is -2.41. The monoisotopic (exact) mass is 766 g/mol. The summed E-state index contributed by atoms with van der Waals surface area (Å²) in [7, 11) is 4.29. The molecule has 0 bridgehead atoms. The average Bonchev–Trinajstić information content (AvgIpc) is 3.17. The van der Waals surface area contributed by atoms with Gasteiger partial charge in [-0.2, -0.15) is 0 Å². The topological polar surface area (TPSA) is 40.2 Å². The van der Waals surface area contributed by atoms with Crippen LogP contribution in [0.3, 0.4) is 0 Å². The SMILES string of the molecule is CCCCCCCCCC(CCCCCCCCC)OCC1(COC(CCCCCCCCC)CCCCCCCCC)COC(CCCN(C)C)OC1. The largest absolute Gasteiger partial charge is 0.377 e. The van der Waals surface area contributed by atoms with E-state index in [1.54, 1.807) is 0 Å². The Morgan fingerprint density at radius 3 is 1.04 bits per heavy atom. The standard InChI is InChI=1S/C49H99NO4/c1-7-11-15-19-23-27-31-36-46(37-32-28-24-20-16-12-8-2)51-42-49(44-53-48(54-45-49)40-35-41-50(5)6)43-52-47(38-33-29-25-21-17-13-9-3)39-34-30-26-22-18-14-10-4/h46-48H,7-45H2,1-6H3. The summed E-state index contributed by atoms with van der Waals surface area (Å²) in [5.41, 5.74) is -0.227. The van der Waals surface area contributed by atoms with Crippen LogP contribution in [0.2, 0.25) is 0 Å². The molecule has 54 heavy (non-hydrogen) atoms. The predicted octanol–water partition coefficient (Wildman–Crippen LogP) is 15.0. The number of hydrogen-bond donors (Lipinski definition) is 0. The first-order valence-electron chi connectivity index (χ1n) is 24.6. The van der Waals surface area contributed by atoms with Crippen LogP contribution in [0.15, 0.2) is 0 Å². The summed E-state index contributed by atoms with van der Waals surface area (Å²) in [5.74, 6) is 0. The molecule has 5 heteroatoms. The molecule has 5 nitrogen and oxygen atoms in total. The van der Waals surface area contributed by atoms with Crippen LogP contribution in [-0.2, 0) is 18.9 Å². The second-order valence-electron chi connectivity index (χ2n) is 18.0. The predicted molar refractivity (Wildman–Crippen MR) is 236 cm³/mol. The Bertz CT molecular complexity index is 657. The first-order chi connectivity index (χ1) is 26.5. The molecule has 0 aromatic heterocycles. The third kappa shape index (κ3) is 30.9. The molecule has 1 aliphatic heterocycles. The highest BCUT2D eigenvalue weighted by molar-refractivity contribution is 4.84. The summed E-state index contributed by atoms with van der Waals surface area (Å²) in [6, 6.07) is 0. The van der Waals surface area contributed by atoms with E-state index in [1.807, 2.05) is 0 Å². The van der Waals surface area contributed by atoms with E-state index >= 15 is 0 Å². The molecule has 0 amide bonds. The maximum atomic E-state index is 7.00. The van der Waals surface area contributed by atoms with Crippen LogP contribution in [0.25, 0.3) is 0 Å². The minimum absolute atomic E-state index is 0.106. The molecule has 0 aliphatic carbocycles. The highest BCUT2D eigenvalue weighted by Gasteiger charge is 2.39. The Morgan fingerprint density at radius 1 is 0.444 bits per heavy atom. The average molecular weight is 766 g/mol. The van der Waals surface area contributed by atoms with Crippen molar-refractivity contribution in [3.63, 3.8) is 0 Å². The van der Waals surface area contributed by atoms with E-state index in [0.717, 1.165) is 19.4 Å². The molecule has 0 atom stereocenters. The molecular formula is C49H99NO4. The summed E-state index contributed by atoms with van der Waals surface area (Å²) in [6.07, 6.45) is 45.3. The highest BCUT2D eigenvalue weighted by Crippen LogP contribution is 2.31. The van der Waals surface area contributed by atoms with Gasteiger partial charge in [0, 0.05) is 0 Å². The summed E-state index contributed by atoms with van der Waals surface area (Å²) in [5, 5.41) is 0. The van der Waals surface area contributed by atoms with Gasteiger partial charge in [-0.3, -0.25) is 0 Å². The van der Waals surface area contributed by atoms with Gasteiger partial charge in [-0.1, -0.05) is 207 Å². The third-order valence-corrected chi connectivity index (χ3v) is 12.0. The minimum Gasteiger partial charge on any atom is -0.377 e. The molecule has 0 aromatic carbocycles. The van der Waals surface area contributed by atoms with Crippen LogP contribution in [0.5, 0.6) is 0 Å². The third-order valence-electron chi connectivity index (χ3n) is 12.0. The number of ether oxygens (including phenoxy) is 4. The van der Waals surface area contributed by atoms with Crippen molar-refractivity contribution in [2.45, 2.75) is 265 Å². The minimum atomic E-state index is -0.227. The molecule has 1 fully saturated rings. The molecule has 1 rings (SSSR count). The van der Waals surface area contributed by atoms with Crippen molar-refractivity contribution in [3.8, 4) is 0 Å². The van der Waals surface area contributed by atoms with Crippen molar-refractivity contribution in [1.82, 2.24) is 4.90 Å². The molecule has 0 aromatic rings.